The number of hydrogen-bond donors (Lipinski definition) is 2. The molecule has 5 nitrogen and oxygen atoms in total. The van der Waals surface area contributed by atoms with Crippen molar-refractivity contribution in [2.24, 2.45) is 11.5 Å². The van der Waals surface area contributed by atoms with E-state index in [-0.39, 0.29) is 0 Å². The molecule has 2 aliphatic rings. The predicted molar refractivity (Wildman–Crippen MR) is 67.6 cm³/mol. The van der Waals surface area contributed by atoms with Crippen LogP contribution in [0.3, 0.4) is 0 Å². The second-order valence-electron chi connectivity index (χ2n) is 5.70. The minimum atomic E-state index is -0.847. The Balaban J connectivity index is 1.83. The molecular weight excluding hydrogens is 232 g/mol. The van der Waals surface area contributed by atoms with Crippen LogP contribution in [0.4, 0.5) is 4.79 Å². The topological polar surface area (TPSA) is 87.6 Å². The molecular formula is C13H24N2O3. The molecule has 4 N–H and O–H groups in total. The zero-order valence-corrected chi connectivity index (χ0v) is 11.0. The molecule has 0 saturated heterocycles. The van der Waals surface area contributed by atoms with E-state index < -0.39 is 17.6 Å². The molecule has 104 valence electrons. The summed E-state index contributed by atoms with van der Waals surface area (Å²) in [5, 5.41) is 0. The molecule has 0 aromatic heterocycles. The molecule has 18 heavy (non-hydrogen) atoms. The van der Waals surface area contributed by atoms with E-state index in [1.54, 1.807) is 0 Å². The van der Waals surface area contributed by atoms with Crippen molar-refractivity contribution in [2.45, 2.75) is 75.7 Å². The van der Waals surface area contributed by atoms with Gasteiger partial charge >= 0.3 is 6.16 Å². The third-order valence-electron chi connectivity index (χ3n) is 3.97. The van der Waals surface area contributed by atoms with Gasteiger partial charge in [-0.2, -0.15) is 0 Å². The van der Waals surface area contributed by atoms with Crippen LogP contribution < -0.4 is 11.5 Å². The summed E-state index contributed by atoms with van der Waals surface area (Å²) < 4.78 is 10.6. The van der Waals surface area contributed by atoms with E-state index in [9.17, 15) is 4.79 Å². The van der Waals surface area contributed by atoms with Gasteiger partial charge in [0.05, 0.1) is 0 Å². The summed E-state index contributed by atoms with van der Waals surface area (Å²) >= 11 is 0. The number of carbonyl (C=O) groups excluding carboxylic acids is 1. The van der Waals surface area contributed by atoms with E-state index in [1.165, 1.54) is 0 Å². The molecule has 0 bridgehead atoms. The van der Waals surface area contributed by atoms with Gasteiger partial charge in [-0.1, -0.05) is 12.8 Å². The molecule has 0 atom stereocenters. The predicted octanol–water partition coefficient (Wildman–Crippen LogP) is 2.38. The maximum Gasteiger partial charge on any atom is 0.511 e. The average Bonchev–Trinajstić information content (AvgIpc) is 2.29. The smallest absolute Gasteiger partial charge is 0.413 e. The summed E-state index contributed by atoms with van der Waals surface area (Å²) in [6, 6.07) is 0. The first-order chi connectivity index (χ1) is 8.52. The minimum Gasteiger partial charge on any atom is -0.413 e. The molecule has 0 aliphatic heterocycles. The maximum atomic E-state index is 11.8. The fourth-order valence-electron chi connectivity index (χ4n) is 2.86. The maximum absolute atomic E-state index is 11.8. The number of carbonyl (C=O) groups is 1. The van der Waals surface area contributed by atoms with Gasteiger partial charge in [0.2, 0.25) is 0 Å². The SMILES string of the molecule is NC1(OC(=O)OC2(N)CCCCC2)CCCCC1. The van der Waals surface area contributed by atoms with Crippen molar-refractivity contribution in [3.8, 4) is 0 Å². The van der Waals surface area contributed by atoms with Crippen molar-refractivity contribution in [1.82, 2.24) is 0 Å². The molecule has 0 aromatic carbocycles. The van der Waals surface area contributed by atoms with E-state index in [1.807, 2.05) is 0 Å². The molecule has 2 saturated carbocycles. The Labute approximate surface area is 108 Å². The number of rotatable bonds is 2. The molecule has 0 amide bonds. The van der Waals surface area contributed by atoms with Gasteiger partial charge in [-0.25, -0.2) is 4.79 Å². The molecule has 0 spiro atoms. The summed E-state index contributed by atoms with van der Waals surface area (Å²) in [4.78, 5) is 11.8. The normalized spacial score (nSPS) is 26.3. The lowest BCUT2D eigenvalue weighted by atomic mass is 9.92. The summed E-state index contributed by atoms with van der Waals surface area (Å²) in [7, 11) is 0. The Morgan fingerprint density at radius 3 is 1.39 bits per heavy atom. The third-order valence-corrected chi connectivity index (χ3v) is 3.97. The van der Waals surface area contributed by atoms with Crippen LogP contribution in [0.25, 0.3) is 0 Å². The minimum absolute atomic E-state index is 0.705. The van der Waals surface area contributed by atoms with Crippen molar-refractivity contribution < 1.29 is 14.3 Å². The lowest BCUT2D eigenvalue weighted by Gasteiger charge is -2.36. The first-order valence-electron chi connectivity index (χ1n) is 7.01. The van der Waals surface area contributed by atoms with Gasteiger partial charge in [0.15, 0.2) is 11.4 Å². The second kappa shape index (κ2) is 5.45. The van der Waals surface area contributed by atoms with Crippen LogP contribution in [-0.4, -0.2) is 17.6 Å². The fraction of sp³-hybridized carbons (Fsp3) is 0.923. The second-order valence-corrected chi connectivity index (χ2v) is 5.70. The Kier molecular flexibility index (Phi) is 4.12. The molecule has 2 aliphatic carbocycles. The molecule has 0 radical (unpaired) electrons. The lowest BCUT2D eigenvalue weighted by Crippen LogP contribution is -2.50. The first-order valence-corrected chi connectivity index (χ1v) is 7.01. The summed E-state index contributed by atoms with van der Waals surface area (Å²) in [5.74, 6) is 0. The van der Waals surface area contributed by atoms with Gasteiger partial charge in [-0.3, -0.25) is 11.5 Å². The van der Waals surface area contributed by atoms with Crippen molar-refractivity contribution in [1.29, 1.82) is 0 Å². The van der Waals surface area contributed by atoms with Crippen LogP contribution in [0.15, 0.2) is 0 Å². The molecule has 0 aromatic rings. The zero-order valence-electron chi connectivity index (χ0n) is 11.0. The van der Waals surface area contributed by atoms with E-state index in [0.29, 0.717) is 25.7 Å². The molecule has 0 unspecified atom stereocenters. The highest BCUT2D eigenvalue weighted by Gasteiger charge is 2.37. The van der Waals surface area contributed by atoms with Crippen LogP contribution in [0, 0.1) is 0 Å². The molecule has 5 heteroatoms. The van der Waals surface area contributed by atoms with E-state index in [2.05, 4.69) is 0 Å². The molecule has 2 fully saturated rings. The fourth-order valence-corrected chi connectivity index (χ4v) is 2.86. The van der Waals surface area contributed by atoms with Crippen molar-refractivity contribution in [3.63, 3.8) is 0 Å². The van der Waals surface area contributed by atoms with Gasteiger partial charge < -0.3 is 9.47 Å². The Bertz CT molecular complexity index is 267. The van der Waals surface area contributed by atoms with Gasteiger partial charge in [0, 0.05) is 25.7 Å². The highest BCUT2D eigenvalue weighted by molar-refractivity contribution is 5.61. The van der Waals surface area contributed by atoms with Gasteiger partial charge in [0.25, 0.3) is 0 Å². The van der Waals surface area contributed by atoms with Crippen molar-refractivity contribution in [2.75, 3.05) is 0 Å². The van der Waals surface area contributed by atoms with Gasteiger partial charge in [-0.15, -0.1) is 0 Å². The number of nitrogens with two attached hydrogens (primary N) is 2. The largest absolute Gasteiger partial charge is 0.511 e. The lowest BCUT2D eigenvalue weighted by molar-refractivity contribution is -0.0984. The van der Waals surface area contributed by atoms with Gasteiger partial charge in [0.1, 0.15) is 0 Å². The van der Waals surface area contributed by atoms with Crippen molar-refractivity contribution >= 4 is 6.16 Å². The number of ether oxygens (including phenoxy) is 2. The third kappa shape index (κ3) is 3.59. The van der Waals surface area contributed by atoms with Crippen LogP contribution in [0.1, 0.15) is 64.2 Å². The molecule has 0 heterocycles. The number of hydrogen-bond acceptors (Lipinski definition) is 5. The van der Waals surface area contributed by atoms with Crippen LogP contribution in [-0.2, 0) is 9.47 Å². The highest BCUT2D eigenvalue weighted by Crippen LogP contribution is 2.30. The standard InChI is InChI=1S/C13H24N2O3/c14-12(7-3-1-4-8-12)17-11(16)18-13(15)9-5-2-6-10-13/h1-10,14-15H2. The summed E-state index contributed by atoms with van der Waals surface area (Å²) in [5.41, 5.74) is 10.4. The Morgan fingerprint density at radius 1 is 0.722 bits per heavy atom. The van der Waals surface area contributed by atoms with Crippen LogP contribution >= 0.6 is 0 Å². The average molecular weight is 256 g/mol. The summed E-state index contributed by atoms with van der Waals surface area (Å²) in [6.07, 6.45) is 8.42. The van der Waals surface area contributed by atoms with Crippen molar-refractivity contribution in [3.05, 3.63) is 0 Å². The summed E-state index contributed by atoms with van der Waals surface area (Å²) in [6.45, 7) is 0. The highest BCUT2D eigenvalue weighted by atomic mass is 16.7. The van der Waals surface area contributed by atoms with Crippen LogP contribution in [0.2, 0.25) is 0 Å². The first kappa shape index (κ1) is 13.6. The van der Waals surface area contributed by atoms with E-state index >= 15 is 0 Å². The van der Waals surface area contributed by atoms with E-state index in [0.717, 1.165) is 38.5 Å². The Hall–Kier alpha value is -0.810. The van der Waals surface area contributed by atoms with E-state index in [4.69, 9.17) is 20.9 Å². The quantitative estimate of drug-likeness (QED) is 0.585. The molecule has 2 rings (SSSR count). The van der Waals surface area contributed by atoms with Crippen LogP contribution in [0.5, 0.6) is 0 Å². The Morgan fingerprint density at radius 2 is 1.06 bits per heavy atom. The van der Waals surface area contributed by atoms with Gasteiger partial charge in [-0.05, 0) is 25.7 Å². The monoisotopic (exact) mass is 256 g/mol. The zero-order chi connectivity index (χ0) is 13.1.